The van der Waals surface area contributed by atoms with E-state index in [9.17, 15) is 9.59 Å². The molecule has 4 N–H and O–H groups in total. The highest BCUT2D eigenvalue weighted by Gasteiger charge is 2.10. The SMILES string of the molecule is [2H]C([2H])(CCC[C@]([2H])(N)C(=O)O)NC(=O)OCc1ccccc1. The molecule has 6 nitrogen and oxygen atoms in total. The third-order valence-corrected chi connectivity index (χ3v) is 2.43. The molecule has 1 aromatic carbocycles. The van der Waals surface area contributed by atoms with Crippen LogP contribution in [0.3, 0.4) is 0 Å². The summed E-state index contributed by atoms with van der Waals surface area (Å²) in [6.07, 6.45) is -1.30. The van der Waals surface area contributed by atoms with Gasteiger partial charge in [-0.15, -0.1) is 0 Å². The summed E-state index contributed by atoms with van der Waals surface area (Å²) < 4.78 is 27.6. The van der Waals surface area contributed by atoms with E-state index in [0.29, 0.717) is 0 Å². The van der Waals surface area contributed by atoms with Gasteiger partial charge < -0.3 is 20.9 Å². The quantitative estimate of drug-likeness (QED) is 0.671. The van der Waals surface area contributed by atoms with Crippen LogP contribution in [0.5, 0.6) is 0 Å². The van der Waals surface area contributed by atoms with Gasteiger partial charge in [-0.3, -0.25) is 4.79 Å². The Morgan fingerprint density at radius 3 is 2.75 bits per heavy atom. The summed E-state index contributed by atoms with van der Waals surface area (Å²) in [5, 5.41) is 10.8. The Morgan fingerprint density at radius 2 is 2.10 bits per heavy atom. The highest BCUT2D eigenvalue weighted by molar-refractivity contribution is 5.72. The maximum Gasteiger partial charge on any atom is 0.407 e. The molecule has 0 radical (unpaired) electrons. The maximum atomic E-state index is 11.6. The molecule has 0 aliphatic carbocycles. The van der Waals surface area contributed by atoms with Gasteiger partial charge in [0.2, 0.25) is 0 Å². The molecule has 110 valence electrons. The minimum atomic E-state index is -2.16. The molecule has 6 heteroatoms. The normalized spacial score (nSPS) is 16.1. The number of nitrogens with one attached hydrogen (secondary N) is 1. The van der Waals surface area contributed by atoms with Crippen LogP contribution in [0, 0.1) is 0 Å². The number of carbonyl (C=O) groups is 2. The Kier molecular flexibility index (Phi) is 5.23. The number of rotatable bonds is 8. The van der Waals surface area contributed by atoms with E-state index in [1.165, 1.54) is 0 Å². The van der Waals surface area contributed by atoms with Crippen LogP contribution in [0.2, 0.25) is 0 Å². The predicted molar refractivity (Wildman–Crippen MR) is 74.1 cm³/mol. The number of ether oxygens (including phenoxy) is 1. The number of hydrogen-bond donors (Lipinski definition) is 3. The van der Waals surface area contributed by atoms with Gasteiger partial charge in [0.25, 0.3) is 0 Å². The van der Waals surface area contributed by atoms with E-state index in [-0.39, 0.29) is 25.9 Å². The second-order valence-corrected chi connectivity index (χ2v) is 4.05. The monoisotopic (exact) mass is 283 g/mol. The zero-order valence-corrected chi connectivity index (χ0v) is 11.0. The number of aliphatic carboxylic acids is 1. The zero-order valence-electron chi connectivity index (χ0n) is 14.0. The molecule has 0 aliphatic rings. The number of hydrogen-bond acceptors (Lipinski definition) is 4. The lowest BCUT2D eigenvalue weighted by Gasteiger charge is -2.08. The van der Waals surface area contributed by atoms with Gasteiger partial charge in [-0.1, -0.05) is 30.3 Å². The van der Waals surface area contributed by atoms with E-state index in [4.69, 9.17) is 19.7 Å². The average molecular weight is 283 g/mol. The molecule has 20 heavy (non-hydrogen) atoms. The Bertz CT molecular complexity index is 538. The lowest BCUT2D eigenvalue weighted by atomic mass is 10.1. The number of alkyl carbamates (subject to hydrolysis) is 1. The summed E-state index contributed by atoms with van der Waals surface area (Å²) in [5.41, 5.74) is 6.01. The van der Waals surface area contributed by atoms with Crippen LogP contribution < -0.4 is 11.1 Å². The molecule has 0 bridgehead atoms. The molecule has 1 aromatic rings. The van der Waals surface area contributed by atoms with Gasteiger partial charge in [0.15, 0.2) is 0 Å². The first-order valence-electron chi connectivity index (χ1n) is 7.63. The van der Waals surface area contributed by atoms with Gasteiger partial charge in [0.05, 0.1) is 1.37 Å². The first kappa shape index (κ1) is 11.7. The van der Waals surface area contributed by atoms with Crippen molar-refractivity contribution in [1.82, 2.24) is 5.32 Å². The van der Waals surface area contributed by atoms with E-state index >= 15 is 0 Å². The summed E-state index contributed by atoms with van der Waals surface area (Å²) in [4.78, 5) is 22.2. The number of benzene rings is 1. The average Bonchev–Trinajstić information content (AvgIpc) is 2.45. The largest absolute Gasteiger partial charge is 0.480 e. The van der Waals surface area contributed by atoms with E-state index in [2.05, 4.69) is 5.32 Å². The molecule has 0 saturated carbocycles. The molecule has 0 saturated heterocycles. The molecule has 0 unspecified atom stereocenters. The minimum Gasteiger partial charge on any atom is -0.480 e. The van der Waals surface area contributed by atoms with Crippen molar-refractivity contribution in [1.29, 1.82) is 0 Å². The fourth-order valence-corrected chi connectivity index (χ4v) is 1.37. The molecule has 0 fully saturated rings. The van der Waals surface area contributed by atoms with Gasteiger partial charge in [-0.05, 0) is 24.8 Å². The van der Waals surface area contributed by atoms with Crippen LogP contribution in [0.1, 0.15) is 28.9 Å². The number of amides is 1. The van der Waals surface area contributed by atoms with Crippen LogP contribution >= 0.6 is 0 Å². The highest BCUT2D eigenvalue weighted by atomic mass is 16.5. The summed E-state index contributed by atoms with van der Waals surface area (Å²) in [6.45, 7) is -2.07. The predicted octanol–water partition coefficient (Wildman–Crippen LogP) is 1.49. The lowest BCUT2D eigenvalue weighted by molar-refractivity contribution is -0.138. The van der Waals surface area contributed by atoms with Crippen molar-refractivity contribution in [3.63, 3.8) is 0 Å². The van der Waals surface area contributed by atoms with Crippen molar-refractivity contribution in [2.45, 2.75) is 31.9 Å². The van der Waals surface area contributed by atoms with Crippen molar-refractivity contribution in [2.24, 2.45) is 5.73 Å². The van der Waals surface area contributed by atoms with Gasteiger partial charge in [-0.25, -0.2) is 4.79 Å². The van der Waals surface area contributed by atoms with Crippen LogP contribution in [-0.4, -0.2) is 29.7 Å². The van der Waals surface area contributed by atoms with Gasteiger partial charge >= 0.3 is 12.1 Å². The molecule has 1 rings (SSSR count). The van der Waals surface area contributed by atoms with Crippen molar-refractivity contribution in [3.05, 3.63) is 35.9 Å². The number of carbonyl (C=O) groups excluding carboxylic acids is 1. The van der Waals surface area contributed by atoms with E-state index in [1.54, 1.807) is 24.3 Å². The third kappa shape index (κ3) is 6.75. The Hall–Kier alpha value is -2.08. The Labute approximate surface area is 122 Å². The molecule has 0 aromatic heterocycles. The molecule has 0 spiro atoms. The summed E-state index contributed by atoms with van der Waals surface area (Å²) in [6, 6.07) is 6.77. The molecular weight excluding hydrogens is 260 g/mol. The minimum absolute atomic E-state index is 0.0143. The number of carboxylic acids is 1. The first-order chi connectivity index (χ1) is 10.6. The van der Waals surface area contributed by atoms with Crippen LogP contribution in [0.4, 0.5) is 4.79 Å². The fraction of sp³-hybridized carbons (Fsp3) is 0.429. The molecular formula is C14H20N2O4. The lowest BCUT2D eigenvalue weighted by Crippen LogP contribution is -2.30. The van der Waals surface area contributed by atoms with Crippen LogP contribution in [0.25, 0.3) is 0 Å². The molecule has 1 atom stereocenters. The second kappa shape index (κ2) is 8.92. The first-order valence-corrected chi connectivity index (χ1v) is 6.13. The third-order valence-electron chi connectivity index (χ3n) is 2.43. The zero-order chi connectivity index (χ0) is 17.5. The van der Waals surface area contributed by atoms with Crippen molar-refractivity contribution >= 4 is 12.1 Å². The molecule has 0 aliphatic heterocycles. The molecule has 1 amide bonds. The fourth-order valence-electron chi connectivity index (χ4n) is 1.37. The number of nitrogens with two attached hydrogens (primary N) is 1. The summed E-state index contributed by atoms with van der Waals surface area (Å²) in [7, 11) is 0. The topological polar surface area (TPSA) is 102 Å². The maximum absolute atomic E-state index is 11.6. The van der Waals surface area contributed by atoms with Crippen LogP contribution in [-0.2, 0) is 16.1 Å². The van der Waals surface area contributed by atoms with Gasteiger partial charge in [0, 0.05) is 9.24 Å². The summed E-state index contributed by atoms with van der Waals surface area (Å²) >= 11 is 0. The van der Waals surface area contributed by atoms with E-state index < -0.39 is 24.6 Å². The Balaban J connectivity index is 2.36. The van der Waals surface area contributed by atoms with Crippen LogP contribution in [0.15, 0.2) is 30.3 Å². The van der Waals surface area contributed by atoms with E-state index in [0.717, 1.165) is 5.56 Å². The summed E-state index contributed by atoms with van der Waals surface area (Å²) in [5.74, 6) is -1.48. The van der Waals surface area contributed by atoms with Gasteiger partial charge in [0.1, 0.15) is 12.6 Å². The van der Waals surface area contributed by atoms with Gasteiger partial charge in [-0.2, -0.15) is 0 Å². The van der Waals surface area contributed by atoms with E-state index in [1.807, 2.05) is 6.07 Å². The number of carboxylic acid groups (broad SMARTS) is 1. The molecule has 0 heterocycles. The van der Waals surface area contributed by atoms with Crippen molar-refractivity contribution < 1.29 is 23.5 Å². The Morgan fingerprint density at radius 1 is 1.40 bits per heavy atom. The standard InChI is InChI=1S/C14H20N2O4/c15-12(13(17)18)8-4-5-9-16-14(19)20-10-11-6-2-1-3-7-11/h1-3,6-7,12H,4-5,8-10,15H2,(H,16,19)(H,17,18)/t12-/m0/s1/i9D2,12D. The second-order valence-electron chi connectivity index (χ2n) is 4.05. The van der Waals surface area contributed by atoms with Crippen molar-refractivity contribution in [2.75, 3.05) is 6.50 Å². The van der Waals surface area contributed by atoms with Crippen molar-refractivity contribution in [3.8, 4) is 0 Å². The highest BCUT2D eigenvalue weighted by Crippen LogP contribution is 2.01. The smallest absolute Gasteiger partial charge is 0.407 e.